The minimum absolute atomic E-state index is 0.125. The number of carbonyl (C=O) groups is 1. The third kappa shape index (κ3) is 3.09. The van der Waals surface area contributed by atoms with Crippen molar-refractivity contribution in [2.24, 2.45) is 0 Å². The predicted molar refractivity (Wildman–Crippen MR) is 99.7 cm³/mol. The van der Waals surface area contributed by atoms with Crippen LogP contribution in [-0.4, -0.2) is 34.8 Å². The molecule has 2 aromatic rings. The molecule has 2 aliphatic rings. The number of aryl methyl sites for hydroxylation is 1. The Balaban J connectivity index is 1.62. The van der Waals surface area contributed by atoms with Crippen LogP contribution in [0.4, 0.5) is 5.69 Å². The molecule has 1 atom stereocenters. The minimum Gasteiger partial charge on any atom is -0.317 e. The zero-order valence-electron chi connectivity index (χ0n) is 15.0. The Morgan fingerprint density at radius 1 is 1.20 bits per heavy atom. The van der Waals surface area contributed by atoms with Crippen LogP contribution in [0.15, 0.2) is 30.6 Å². The number of carbonyl (C=O) groups excluding carboxylic acids is 1. The van der Waals surface area contributed by atoms with Crippen LogP contribution in [0.25, 0.3) is 11.1 Å². The first-order valence-corrected chi connectivity index (χ1v) is 9.31. The Morgan fingerprint density at radius 2 is 2.00 bits per heavy atom. The zero-order valence-corrected chi connectivity index (χ0v) is 15.0. The summed E-state index contributed by atoms with van der Waals surface area (Å²) in [4.78, 5) is 13.9. The predicted octanol–water partition coefficient (Wildman–Crippen LogP) is 3.16. The Kier molecular flexibility index (Phi) is 4.34. The van der Waals surface area contributed by atoms with E-state index in [1.54, 1.807) is 6.92 Å². The molecule has 0 radical (unpaired) electrons. The Morgan fingerprint density at radius 3 is 2.76 bits per heavy atom. The number of hydrogen-bond donors (Lipinski definition) is 1. The van der Waals surface area contributed by atoms with Crippen molar-refractivity contribution in [2.45, 2.75) is 51.6 Å². The summed E-state index contributed by atoms with van der Waals surface area (Å²) in [7, 11) is 0. The average molecular weight is 338 g/mol. The van der Waals surface area contributed by atoms with Crippen LogP contribution in [0.5, 0.6) is 0 Å². The molecule has 0 saturated carbocycles. The Bertz CT molecular complexity index is 776. The highest BCUT2D eigenvalue weighted by Crippen LogP contribution is 2.34. The van der Waals surface area contributed by atoms with E-state index in [-0.39, 0.29) is 11.9 Å². The summed E-state index contributed by atoms with van der Waals surface area (Å²) in [5, 5.41) is 8.01. The maximum absolute atomic E-state index is 12.0. The molecule has 0 aliphatic carbocycles. The summed E-state index contributed by atoms with van der Waals surface area (Å²) < 4.78 is 2.12. The van der Waals surface area contributed by atoms with Gasteiger partial charge in [-0.1, -0.05) is 6.07 Å². The van der Waals surface area contributed by atoms with E-state index in [2.05, 4.69) is 46.4 Å². The quantitative estimate of drug-likeness (QED) is 0.915. The first-order valence-electron chi connectivity index (χ1n) is 9.31. The van der Waals surface area contributed by atoms with Crippen LogP contribution in [-0.2, 0) is 11.2 Å². The number of aromatic nitrogens is 2. The van der Waals surface area contributed by atoms with Gasteiger partial charge in [0, 0.05) is 30.4 Å². The second kappa shape index (κ2) is 6.64. The molecule has 4 rings (SSSR count). The molecule has 1 aromatic heterocycles. The summed E-state index contributed by atoms with van der Waals surface area (Å²) in [5.41, 5.74) is 4.69. The highest BCUT2D eigenvalue weighted by molar-refractivity contribution is 5.94. The van der Waals surface area contributed by atoms with Gasteiger partial charge in [0.05, 0.1) is 12.2 Å². The van der Waals surface area contributed by atoms with E-state index < -0.39 is 0 Å². The molecule has 25 heavy (non-hydrogen) atoms. The van der Waals surface area contributed by atoms with Crippen molar-refractivity contribution in [3.8, 4) is 11.1 Å². The molecular weight excluding hydrogens is 312 g/mol. The van der Waals surface area contributed by atoms with Crippen molar-refractivity contribution in [3.63, 3.8) is 0 Å². The normalized spacial score (nSPS) is 21.2. The lowest BCUT2D eigenvalue weighted by Crippen LogP contribution is -2.40. The molecule has 3 heterocycles. The van der Waals surface area contributed by atoms with Gasteiger partial charge < -0.3 is 10.2 Å². The van der Waals surface area contributed by atoms with Crippen LogP contribution in [0, 0.1) is 0 Å². The Labute approximate surface area is 149 Å². The monoisotopic (exact) mass is 338 g/mol. The van der Waals surface area contributed by atoms with E-state index in [1.807, 2.05) is 11.1 Å². The van der Waals surface area contributed by atoms with Gasteiger partial charge in [-0.3, -0.25) is 9.48 Å². The van der Waals surface area contributed by atoms with E-state index in [9.17, 15) is 4.79 Å². The topological polar surface area (TPSA) is 50.2 Å². The number of nitrogens with zero attached hydrogens (tertiary/aromatic N) is 3. The minimum atomic E-state index is 0.125. The first-order chi connectivity index (χ1) is 12.1. The molecule has 2 aliphatic heterocycles. The van der Waals surface area contributed by atoms with Gasteiger partial charge in [0.25, 0.3) is 0 Å². The number of nitrogens with one attached hydrogen (secondary N) is 1. The van der Waals surface area contributed by atoms with E-state index >= 15 is 0 Å². The maximum Gasteiger partial charge on any atom is 0.224 e. The fraction of sp³-hybridized carbons (Fsp3) is 0.500. The van der Waals surface area contributed by atoms with Crippen LogP contribution >= 0.6 is 0 Å². The summed E-state index contributed by atoms with van der Waals surface area (Å²) in [6.45, 7) is 5.92. The number of amides is 1. The van der Waals surface area contributed by atoms with Gasteiger partial charge in [-0.25, -0.2) is 0 Å². The van der Waals surface area contributed by atoms with Crippen molar-refractivity contribution in [1.29, 1.82) is 0 Å². The van der Waals surface area contributed by atoms with E-state index in [0.717, 1.165) is 50.0 Å². The highest BCUT2D eigenvalue weighted by atomic mass is 16.2. The van der Waals surface area contributed by atoms with Crippen molar-refractivity contribution >= 4 is 11.6 Å². The fourth-order valence-electron chi connectivity index (χ4n) is 4.17. The van der Waals surface area contributed by atoms with Gasteiger partial charge >= 0.3 is 0 Å². The van der Waals surface area contributed by atoms with Gasteiger partial charge in [0.15, 0.2) is 0 Å². The van der Waals surface area contributed by atoms with E-state index in [0.29, 0.717) is 6.04 Å². The fourth-order valence-corrected chi connectivity index (χ4v) is 4.17. The van der Waals surface area contributed by atoms with E-state index in [4.69, 9.17) is 0 Å². The zero-order chi connectivity index (χ0) is 17.4. The number of rotatable bonds is 2. The molecule has 1 N–H and O–H groups in total. The smallest absolute Gasteiger partial charge is 0.224 e. The molecule has 132 valence electrons. The van der Waals surface area contributed by atoms with Gasteiger partial charge in [-0.05, 0) is 69.0 Å². The maximum atomic E-state index is 12.0. The lowest BCUT2D eigenvalue weighted by Gasteiger charge is -2.34. The summed E-state index contributed by atoms with van der Waals surface area (Å²) in [6, 6.07) is 7.24. The Hall–Kier alpha value is -2.14. The molecule has 0 bridgehead atoms. The van der Waals surface area contributed by atoms with Gasteiger partial charge in [-0.15, -0.1) is 0 Å². The lowest BCUT2D eigenvalue weighted by molar-refractivity contribution is -0.117. The van der Waals surface area contributed by atoms with Crippen LogP contribution < -0.4 is 10.2 Å². The largest absolute Gasteiger partial charge is 0.317 e. The number of benzene rings is 1. The summed E-state index contributed by atoms with van der Waals surface area (Å²) in [6.07, 6.45) is 8.46. The second-order valence-electron chi connectivity index (χ2n) is 7.31. The van der Waals surface area contributed by atoms with Crippen LogP contribution in [0.2, 0.25) is 0 Å². The number of fused-ring (bicyclic) bond motifs is 1. The third-order valence-electron chi connectivity index (χ3n) is 5.57. The highest BCUT2D eigenvalue weighted by Gasteiger charge is 2.26. The van der Waals surface area contributed by atoms with Gasteiger partial charge in [0.1, 0.15) is 0 Å². The molecular formula is C20H26N4O. The van der Waals surface area contributed by atoms with Gasteiger partial charge in [-0.2, -0.15) is 5.10 Å². The molecule has 0 spiro atoms. The third-order valence-corrected chi connectivity index (χ3v) is 5.57. The molecule has 1 fully saturated rings. The van der Waals surface area contributed by atoms with Crippen LogP contribution in [0.1, 0.15) is 44.7 Å². The van der Waals surface area contributed by atoms with Crippen molar-refractivity contribution in [3.05, 3.63) is 36.2 Å². The first kappa shape index (κ1) is 16.3. The van der Waals surface area contributed by atoms with Gasteiger partial charge in [0.2, 0.25) is 5.91 Å². The standard InChI is InChI=1S/C20H26N4O/c1-14-3-4-17-11-16(5-6-20(17)24(14)15(2)25)18-12-22-23(13-18)19-7-9-21-10-8-19/h5-6,11-14,19,21H,3-4,7-10H2,1-2H3/t14-/m0/s1. The molecule has 1 amide bonds. The molecule has 5 heteroatoms. The number of piperidine rings is 1. The van der Waals surface area contributed by atoms with E-state index in [1.165, 1.54) is 11.1 Å². The van der Waals surface area contributed by atoms with Crippen molar-refractivity contribution in [2.75, 3.05) is 18.0 Å². The molecule has 5 nitrogen and oxygen atoms in total. The number of hydrogen-bond acceptors (Lipinski definition) is 3. The van der Waals surface area contributed by atoms with Crippen molar-refractivity contribution < 1.29 is 4.79 Å². The second-order valence-corrected chi connectivity index (χ2v) is 7.31. The number of anilines is 1. The average Bonchev–Trinajstić information content (AvgIpc) is 3.12. The molecule has 1 saturated heterocycles. The van der Waals surface area contributed by atoms with Crippen LogP contribution in [0.3, 0.4) is 0 Å². The van der Waals surface area contributed by atoms with Crippen molar-refractivity contribution in [1.82, 2.24) is 15.1 Å². The summed E-state index contributed by atoms with van der Waals surface area (Å²) >= 11 is 0. The SMILES string of the molecule is CC(=O)N1c2ccc(-c3cnn(C4CCNCC4)c3)cc2CC[C@@H]1C. The molecule has 0 unspecified atom stereocenters. The summed E-state index contributed by atoms with van der Waals surface area (Å²) in [5.74, 6) is 0.125. The lowest BCUT2D eigenvalue weighted by atomic mass is 9.93. The molecule has 1 aromatic carbocycles.